The largest absolute Gasteiger partial charge is 0.491 e. The van der Waals surface area contributed by atoms with Crippen LogP contribution in [-0.2, 0) is 0 Å². The van der Waals surface area contributed by atoms with Gasteiger partial charge in [0.25, 0.3) is 0 Å². The first-order chi connectivity index (χ1) is 5.29. The Morgan fingerprint density at radius 2 is 2.18 bits per heavy atom. The van der Waals surface area contributed by atoms with Gasteiger partial charge in [-0.2, -0.15) is 0 Å². The quantitative estimate of drug-likeness (QED) is 0.647. The molecule has 2 heteroatoms. The summed E-state index contributed by atoms with van der Waals surface area (Å²) in [6.45, 7) is 1.58. The highest BCUT2D eigenvalue weighted by Gasteiger charge is 1.97. The van der Waals surface area contributed by atoms with E-state index >= 15 is 0 Å². The van der Waals surface area contributed by atoms with Crippen molar-refractivity contribution in [2.24, 2.45) is 0 Å². The van der Waals surface area contributed by atoms with Gasteiger partial charge in [-0.25, -0.2) is 4.39 Å². The molecular formula is C9H10FO. The first-order valence-corrected chi connectivity index (χ1v) is 3.52. The number of hydrogen-bond donors (Lipinski definition) is 0. The third kappa shape index (κ3) is 3.03. The normalized spacial score (nSPS) is 12.5. The van der Waals surface area contributed by atoms with E-state index in [2.05, 4.69) is 6.07 Å². The van der Waals surface area contributed by atoms with Crippen LogP contribution in [0.1, 0.15) is 6.92 Å². The monoisotopic (exact) mass is 153 g/mol. The topological polar surface area (TPSA) is 9.23 Å². The summed E-state index contributed by atoms with van der Waals surface area (Å²) < 4.78 is 17.3. The van der Waals surface area contributed by atoms with Crippen LogP contribution in [0.2, 0.25) is 0 Å². The molecule has 1 nitrogen and oxygen atoms in total. The predicted octanol–water partition coefficient (Wildman–Crippen LogP) is 2.22. The molecule has 0 amide bonds. The average Bonchev–Trinajstić information content (AvgIpc) is 2.03. The molecule has 1 radical (unpaired) electrons. The Morgan fingerprint density at radius 1 is 1.55 bits per heavy atom. The molecule has 1 atom stereocenters. The van der Waals surface area contributed by atoms with Crippen LogP contribution in [0, 0.1) is 6.07 Å². The molecule has 0 saturated heterocycles. The highest BCUT2D eigenvalue weighted by atomic mass is 19.1. The summed E-state index contributed by atoms with van der Waals surface area (Å²) in [6, 6.07) is 9.82. The smallest absolute Gasteiger partial charge is 0.131 e. The summed E-state index contributed by atoms with van der Waals surface area (Å²) in [7, 11) is 0. The maximum atomic E-state index is 12.3. The van der Waals surface area contributed by atoms with Crippen molar-refractivity contribution in [3.8, 4) is 5.75 Å². The summed E-state index contributed by atoms with van der Waals surface area (Å²) in [4.78, 5) is 0. The van der Waals surface area contributed by atoms with Crippen molar-refractivity contribution in [1.82, 2.24) is 0 Å². The fraction of sp³-hybridized carbons (Fsp3) is 0.333. The number of ether oxygens (including phenoxy) is 1. The van der Waals surface area contributed by atoms with Gasteiger partial charge in [0.05, 0.1) is 0 Å². The van der Waals surface area contributed by atoms with Crippen LogP contribution in [-0.4, -0.2) is 12.8 Å². The van der Waals surface area contributed by atoms with Crippen molar-refractivity contribution in [1.29, 1.82) is 0 Å². The van der Waals surface area contributed by atoms with Crippen LogP contribution >= 0.6 is 0 Å². The van der Waals surface area contributed by atoms with Gasteiger partial charge in [-0.1, -0.05) is 12.1 Å². The summed E-state index contributed by atoms with van der Waals surface area (Å²) in [5.74, 6) is 0.688. The van der Waals surface area contributed by atoms with Gasteiger partial charge in [0, 0.05) is 0 Å². The summed E-state index contributed by atoms with van der Waals surface area (Å²) in [6.07, 6.45) is -0.917. The second kappa shape index (κ2) is 3.96. The van der Waals surface area contributed by atoms with E-state index in [1.807, 2.05) is 0 Å². The molecule has 11 heavy (non-hydrogen) atoms. The van der Waals surface area contributed by atoms with E-state index in [1.165, 1.54) is 6.92 Å². The molecule has 0 aliphatic carbocycles. The standard InChI is InChI=1S/C9H10FO/c1-8(10)7-11-9-5-3-2-4-6-9/h3-6,8H,7H2,1H3. The summed E-state index contributed by atoms with van der Waals surface area (Å²) in [5, 5.41) is 0. The van der Waals surface area contributed by atoms with Gasteiger partial charge < -0.3 is 4.74 Å². The van der Waals surface area contributed by atoms with Crippen molar-refractivity contribution >= 4 is 0 Å². The highest BCUT2D eigenvalue weighted by Crippen LogP contribution is 2.08. The van der Waals surface area contributed by atoms with Crippen LogP contribution in [0.25, 0.3) is 0 Å². The zero-order valence-corrected chi connectivity index (χ0v) is 6.38. The molecule has 0 aliphatic heterocycles. The third-order valence-electron chi connectivity index (χ3n) is 1.17. The molecule has 0 saturated carbocycles. The summed E-state index contributed by atoms with van der Waals surface area (Å²) in [5.41, 5.74) is 0. The lowest BCUT2D eigenvalue weighted by atomic mass is 10.3. The van der Waals surface area contributed by atoms with Crippen molar-refractivity contribution < 1.29 is 9.13 Å². The maximum absolute atomic E-state index is 12.3. The van der Waals surface area contributed by atoms with Gasteiger partial charge >= 0.3 is 0 Å². The van der Waals surface area contributed by atoms with Gasteiger partial charge in [-0.15, -0.1) is 0 Å². The van der Waals surface area contributed by atoms with Gasteiger partial charge in [0.15, 0.2) is 0 Å². The summed E-state index contributed by atoms with van der Waals surface area (Å²) >= 11 is 0. The molecule has 1 rings (SSSR count). The predicted molar refractivity (Wildman–Crippen MR) is 41.3 cm³/mol. The molecule has 1 aromatic carbocycles. The van der Waals surface area contributed by atoms with Crippen molar-refractivity contribution in [2.45, 2.75) is 13.1 Å². The maximum Gasteiger partial charge on any atom is 0.131 e. The van der Waals surface area contributed by atoms with E-state index in [-0.39, 0.29) is 6.61 Å². The molecule has 0 spiro atoms. The third-order valence-corrected chi connectivity index (χ3v) is 1.17. The number of alkyl halides is 1. The minimum Gasteiger partial charge on any atom is -0.491 e. The van der Waals surface area contributed by atoms with E-state index in [9.17, 15) is 4.39 Å². The molecule has 1 aromatic rings. The van der Waals surface area contributed by atoms with Gasteiger partial charge in [-0.05, 0) is 25.1 Å². The zero-order chi connectivity index (χ0) is 8.10. The van der Waals surface area contributed by atoms with Crippen LogP contribution in [0.4, 0.5) is 4.39 Å². The van der Waals surface area contributed by atoms with Crippen LogP contribution in [0.5, 0.6) is 5.75 Å². The second-order valence-electron chi connectivity index (χ2n) is 2.33. The number of benzene rings is 1. The Kier molecular flexibility index (Phi) is 2.90. The van der Waals surface area contributed by atoms with Crippen LogP contribution in [0.3, 0.4) is 0 Å². The lowest BCUT2D eigenvalue weighted by molar-refractivity contribution is 0.210. The SMILES string of the molecule is CC(F)COc1cc[c]cc1. The molecule has 1 unspecified atom stereocenters. The molecule has 0 aliphatic rings. The zero-order valence-electron chi connectivity index (χ0n) is 6.38. The minimum atomic E-state index is -0.917. The minimum absolute atomic E-state index is 0.115. The molecule has 0 aromatic heterocycles. The van der Waals surface area contributed by atoms with E-state index in [0.29, 0.717) is 5.75 Å². The Labute approximate surface area is 65.8 Å². The van der Waals surface area contributed by atoms with E-state index in [4.69, 9.17) is 4.74 Å². The lowest BCUT2D eigenvalue weighted by Crippen LogP contribution is -2.07. The van der Waals surface area contributed by atoms with Crippen molar-refractivity contribution in [2.75, 3.05) is 6.61 Å². The molecule has 0 bridgehead atoms. The van der Waals surface area contributed by atoms with Crippen molar-refractivity contribution in [3.63, 3.8) is 0 Å². The number of rotatable bonds is 3. The fourth-order valence-corrected chi connectivity index (χ4v) is 0.679. The lowest BCUT2D eigenvalue weighted by Gasteiger charge is -2.05. The molecule has 0 fully saturated rings. The second-order valence-corrected chi connectivity index (χ2v) is 2.33. The Hall–Kier alpha value is -1.05. The molecular weight excluding hydrogens is 143 g/mol. The number of hydrogen-bond acceptors (Lipinski definition) is 1. The Balaban J connectivity index is 2.39. The van der Waals surface area contributed by atoms with Gasteiger partial charge in [0.2, 0.25) is 0 Å². The van der Waals surface area contributed by atoms with Crippen LogP contribution < -0.4 is 4.74 Å². The van der Waals surface area contributed by atoms with E-state index in [0.717, 1.165) is 0 Å². The molecule has 0 heterocycles. The fourth-order valence-electron chi connectivity index (χ4n) is 0.679. The number of halogens is 1. The Morgan fingerprint density at radius 3 is 2.73 bits per heavy atom. The molecule has 59 valence electrons. The Bertz CT molecular complexity index is 196. The van der Waals surface area contributed by atoms with Crippen LogP contribution in [0.15, 0.2) is 24.3 Å². The first kappa shape index (κ1) is 8.05. The van der Waals surface area contributed by atoms with Gasteiger partial charge in [-0.3, -0.25) is 0 Å². The van der Waals surface area contributed by atoms with Gasteiger partial charge in [0.1, 0.15) is 18.5 Å². The molecule has 0 N–H and O–H groups in total. The van der Waals surface area contributed by atoms with E-state index in [1.54, 1.807) is 24.3 Å². The average molecular weight is 153 g/mol. The van der Waals surface area contributed by atoms with Crippen molar-refractivity contribution in [3.05, 3.63) is 30.3 Å². The van der Waals surface area contributed by atoms with E-state index < -0.39 is 6.17 Å². The highest BCUT2D eigenvalue weighted by molar-refractivity contribution is 5.20. The first-order valence-electron chi connectivity index (χ1n) is 3.52.